The maximum absolute atomic E-state index is 12.6. The van der Waals surface area contributed by atoms with Crippen LogP contribution in [0.25, 0.3) is 0 Å². The molecule has 0 fully saturated rings. The number of nitrogens with one attached hydrogen (secondary N) is 2. The number of nitrogens with two attached hydrogens (primary N) is 1. The molecular formula is C23H35N7O5. The number of rotatable bonds is 15. The highest BCUT2D eigenvalue weighted by Gasteiger charge is 2.28. The number of carbonyl (C=O) groups excluding carboxylic acids is 3. The molecule has 0 bridgehead atoms. The standard InChI is InChI=1S/C23H35N7O5/c1-4-35-20(32)12-13-25-19(31)11-8-14-30-21(27-28-29-30)18(26-22(33)23(2,3)24)16-34-15-17-9-6-5-7-10-17/h5-7,9-10,18H,4,8,11-16,24H2,1-3H3,(H,25,31)(H,26,33)/t18-/m1/s1. The topological polar surface area (TPSA) is 163 Å². The van der Waals surface area contributed by atoms with Crippen LogP contribution in [0.15, 0.2) is 30.3 Å². The van der Waals surface area contributed by atoms with E-state index in [0.717, 1.165) is 5.56 Å². The Morgan fingerprint density at radius 2 is 1.91 bits per heavy atom. The van der Waals surface area contributed by atoms with Crippen molar-refractivity contribution in [3.05, 3.63) is 41.7 Å². The molecule has 1 heterocycles. The number of amides is 2. The first-order valence-corrected chi connectivity index (χ1v) is 11.6. The van der Waals surface area contributed by atoms with Gasteiger partial charge in [0.1, 0.15) is 6.04 Å². The second kappa shape index (κ2) is 14.1. The molecule has 12 heteroatoms. The molecule has 2 rings (SSSR count). The number of hydrogen-bond donors (Lipinski definition) is 3. The van der Waals surface area contributed by atoms with Crippen LogP contribution in [0.4, 0.5) is 0 Å². The first kappa shape index (κ1) is 27.9. The maximum Gasteiger partial charge on any atom is 0.307 e. The number of aryl methyl sites for hydroxylation is 1. The Labute approximate surface area is 204 Å². The first-order valence-electron chi connectivity index (χ1n) is 11.6. The monoisotopic (exact) mass is 489 g/mol. The Morgan fingerprint density at radius 1 is 1.17 bits per heavy atom. The lowest BCUT2D eigenvalue weighted by molar-refractivity contribution is -0.143. The van der Waals surface area contributed by atoms with Crippen molar-refractivity contribution < 1.29 is 23.9 Å². The van der Waals surface area contributed by atoms with Gasteiger partial charge < -0.3 is 25.8 Å². The van der Waals surface area contributed by atoms with Gasteiger partial charge in [0.25, 0.3) is 0 Å². The van der Waals surface area contributed by atoms with E-state index in [9.17, 15) is 14.4 Å². The number of nitrogens with zero attached hydrogens (tertiary/aromatic N) is 4. The highest BCUT2D eigenvalue weighted by atomic mass is 16.5. The molecule has 0 aliphatic rings. The van der Waals surface area contributed by atoms with E-state index in [0.29, 0.717) is 32.0 Å². The Morgan fingerprint density at radius 3 is 2.60 bits per heavy atom. The lowest BCUT2D eigenvalue weighted by Crippen LogP contribution is -2.51. The maximum atomic E-state index is 12.6. The van der Waals surface area contributed by atoms with E-state index in [1.165, 1.54) is 4.68 Å². The molecule has 1 atom stereocenters. The number of esters is 1. The zero-order chi connectivity index (χ0) is 25.7. The van der Waals surface area contributed by atoms with Gasteiger partial charge in [-0.15, -0.1) is 5.10 Å². The molecule has 0 aliphatic carbocycles. The van der Waals surface area contributed by atoms with Crippen molar-refractivity contribution >= 4 is 17.8 Å². The van der Waals surface area contributed by atoms with Gasteiger partial charge >= 0.3 is 5.97 Å². The predicted molar refractivity (Wildman–Crippen MR) is 127 cm³/mol. The molecule has 35 heavy (non-hydrogen) atoms. The molecule has 1 aromatic heterocycles. The van der Waals surface area contributed by atoms with E-state index in [1.807, 2.05) is 30.3 Å². The molecule has 2 amide bonds. The summed E-state index contributed by atoms with van der Waals surface area (Å²) < 4.78 is 12.2. The molecule has 0 radical (unpaired) electrons. The predicted octanol–water partition coefficient (Wildman–Crippen LogP) is 0.634. The summed E-state index contributed by atoms with van der Waals surface area (Å²) >= 11 is 0. The summed E-state index contributed by atoms with van der Waals surface area (Å²) in [6.07, 6.45) is 0.801. The van der Waals surface area contributed by atoms with Crippen molar-refractivity contribution in [3.63, 3.8) is 0 Å². The minimum Gasteiger partial charge on any atom is -0.466 e. The molecular weight excluding hydrogens is 454 g/mol. The normalized spacial score (nSPS) is 12.1. The van der Waals surface area contributed by atoms with Gasteiger partial charge in [0.15, 0.2) is 5.82 Å². The summed E-state index contributed by atoms with van der Waals surface area (Å²) in [6, 6.07) is 9.01. The number of aromatic nitrogens is 4. The van der Waals surface area contributed by atoms with Crippen LogP contribution in [-0.4, -0.2) is 63.3 Å². The zero-order valence-electron chi connectivity index (χ0n) is 20.5. The van der Waals surface area contributed by atoms with Gasteiger partial charge in [0.05, 0.1) is 31.8 Å². The molecule has 0 saturated heterocycles. The number of tetrazole rings is 1. The van der Waals surface area contributed by atoms with Gasteiger partial charge in [-0.3, -0.25) is 14.4 Å². The Hall–Kier alpha value is -3.38. The SMILES string of the molecule is CCOC(=O)CCNC(=O)CCCn1nnnc1[C@@H](COCc1ccccc1)NC(=O)C(C)(C)N. The van der Waals surface area contributed by atoms with Crippen molar-refractivity contribution in [2.75, 3.05) is 19.8 Å². The molecule has 12 nitrogen and oxygen atoms in total. The van der Waals surface area contributed by atoms with Gasteiger partial charge in [0.2, 0.25) is 11.8 Å². The number of ether oxygens (including phenoxy) is 2. The average molecular weight is 490 g/mol. The summed E-state index contributed by atoms with van der Waals surface area (Å²) in [6.45, 7) is 6.30. The third-order valence-corrected chi connectivity index (χ3v) is 4.89. The summed E-state index contributed by atoms with van der Waals surface area (Å²) in [5.74, 6) is -0.515. The third kappa shape index (κ3) is 10.2. The van der Waals surface area contributed by atoms with Crippen LogP contribution in [0.2, 0.25) is 0 Å². The van der Waals surface area contributed by atoms with Crippen molar-refractivity contribution in [2.45, 2.75) is 64.8 Å². The number of benzene rings is 1. The fourth-order valence-electron chi connectivity index (χ4n) is 3.03. The fraction of sp³-hybridized carbons (Fsp3) is 0.565. The highest BCUT2D eigenvalue weighted by molar-refractivity contribution is 5.85. The van der Waals surface area contributed by atoms with E-state index in [1.54, 1.807) is 20.8 Å². The largest absolute Gasteiger partial charge is 0.466 e. The van der Waals surface area contributed by atoms with Crippen molar-refractivity contribution in [1.29, 1.82) is 0 Å². The third-order valence-electron chi connectivity index (χ3n) is 4.89. The van der Waals surface area contributed by atoms with Crippen LogP contribution in [0, 0.1) is 0 Å². The van der Waals surface area contributed by atoms with Crippen LogP contribution < -0.4 is 16.4 Å². The fourth-order valence-corrected chi connectivity index (χ4v) is 3.03. The number of carbonyl (C=O) groups is 3. The zero-order valence-corrected chi connectivity index (χ0v) is 20.5. The molecule has 0 unspecified atom stereocenters. The van der Waals surface area contributed by atoms with E-state index in [-0.39, 0.29) is 43.8 Å². The van der Waals surface area contributed by atoms with Gasteiger partial charge in [0, 0.05) is 19.5 Å². The first-order chi connectivity index (χ1) is 16.7. The van der Waals surface area contributed by atoms with E-state index in [2.05, 4.69) is 26.2 Å². The average Bonchev–Trinajstić information content (AvgIpc) is 3.27. The Bertz CT molecular complexity index is 943. The van der Waals surface area contributed by atoms with Gasteiger partial charge in [-0.2, -0.15) is 0 Å². The van der Waals surface area contributed by atoms with Crippen LogP contribution in [0.5, 0.6) is 0 Å². The Kier molecular flexibility index (Phi) is 11.2. The smallest absolute Gasteiger partial charge is 0.307 e. The molecule has 1 aromatic carbocycles. The highest BCUT2D eigenvalue weighted by Crippen LogP contribution is 2.14. The van der Waals surface area contributed by atoms with Gasteiger partial charge in [-0.05, 0) is 43.2 Å². The van der Waals surface area contributed by atoms with Crippen molar-refractivity contribution in [3.8, 4) is 0 Å². The van der Waals surface area contributed by atoms with Gasteiger partial charge in [-0.1, -0.05) is 30.3 Å². The second-order valence-corrected chi connectivity index (χ2v) is 8.52. The van der Waals surface area contributed by atoms with Crippen LogP contribution >= 0.6 is 0 Å². The summed E-state index contributed by atoms with van der Waals surface area (Å²) in [7, 11) is 0. The Balaban J connectivity index is 1.93. The van der Waals surface area contributed by atoms with E-state index in [4.69, 9.17) is 15.2 Å². The van der Waals surface area contributed by atoms with Crippen molar-refractivity contribution in [1.82, 2.24) is 30.8 Å². The molecule has 0 saturated carbocycles. The summed E-state index contributed by atoms with van der Waals surface area (Å²) in [5, 5.41) is 17.4. The van der Waals surface area contributed by atoms with Crippen LogP contribution in [0.3, 0.4) is 0 Å². The lowest BCUT2D eigenvalue weighted by atomic mass is 10.1. The molecule has 0 aliphatic heterocycles. The second-order valence-electron chi connectivity index (χ2n) is 8.52. The van der Waals surface area contributed by atoms with Crippen LogP contribution in [0.1, 0.15) is 57.5 Å². The minimum atomic E-state index is -1.10. The van der Waals surface area contributed by atoms with E-state index < -0.39 is 11.6 Å². The minimum absolute atomic E-state index is 0.124. The van der Waals surface area contributed by atoms with Crippen molar-refractivity contribution in [2.24, 2.45) is 5.73 Å². The molecule has 192 valence electrons. The summed E-state index contributed by atoms with van der Waals surface area (Å²) in [5.41, 5.74) is 5.83. The quantitative estimate of drug-likeness (QED) is 0.304. The van der Waals surface area contributed by atoms with Gasteiger partial charge in [-0.25, -0.2) is 4.68 Å². The molecule has 4 N–H and O–H groups in total. The lowest BCUT2D eigenvalue weighted by Gasteiger charge is -2.23. The van der Waals surface area contributed by atoms with E-state index >= 15 is 0 Å². The molecule has 0 spiro atoms. The molecule has 2 aromatic rings. The summed E-state index contributed by atoms with van der Waals surface area (Å²) in [4.78, 5) is 35.9. The number of hydrogen-bond acceptors (Lipinski definition) is 9. The van der Waals surface area contributed by atoms with Crippen LogP contribution in [-0.2, 0) is 37.0 Å².